The molecule has 0 bridgehead atoms. The predicted octanol–water partition coefficient (Wildman–Crippen LogP) is 2.61. The summed E-state index contributed by atoms with van der Waals surface area (Å²) < 4.78 is 29.0. The Labute approximate surface area is 114 Å². The molecule has 0 aliphatic rings. The van der Waals surface area contributed by atoms with Crippen LogP contribution < -0.4 is 0 Å². The van der Waals surface area contributed by atoms with Crippen LogP contribution in [0.25, 0.3) is 0 Å². The number of carboxylic acids is 1. The van der Waals surface area contributed by atoms with E-state index in [2.05, 4.69) is 0 Å². The highest BCUT2D eigenvalue weighted by Gasteiger charge is 2.22. The number of furan rings is 1. The molecule has 100 valence electrons. The van der Waals surface area contributed by atoms with Crippen molar-refractivity contribution in [3.05, 3.63) is 52.9 Å². The summed E-state index contributed by atoms with van der Waals surface area (Å²) in [4.78, 5) is 10.9. The fourth-order valence-corrected chi connectivity index (χ4v) is 3.24. The van der Waals surface area contributed by atoms with Crippen molar-refractivity contribution in [3.63, 3.8) is 0 Å². The molecule has 0 unspecified atom stereocenters. The predicted molar refractivity (Wildman–Crippen MR) is 68.0 cm³/mol. The maximum atomic E-state index is 12.1. The van der Waals surface area contributed by atoms with Gasteiger partial charge in [-0.1, -0.05) is 17.7 Å². The first kappa shape index (κ1) is 13.6. The van der Waals surface area contributed by atoms with Gasteiger partial charge in [-0.05, 0) is 24.3 Å². The maximum Gasteiger partial charge on any atom is 0.372 e. The molecule has 2 aromatic rings. The first-order valence-corrected chi connectivity index (χ1v) is 7.21. The number of rotatable bonds is 4. The lowest BCUT2D eigenvalue weighted by Crippen LogP contribution is -2.08. The Morgan fingerprint density at radius 3 is 2.68 bits per heavy atom. The highest BCUT2D eigenvalue weighted by Crippen LogP contribution is 2.22. The molecule has 1 aromatic carbocycles. The van der Waals surface area contributed by atoms with Gasteiger partial charge in [0.05, 0.1) is 16.9 Å². The van der Waals surface area contributed by atoms with Crippen LogP contribution in [0.1, 0.15) is 16.1 Å². The Morgan fingerprint density at radius 2 is 2.05 bits per heavy atom. The highest BCUT2D eigenvalue weighted by molar-refractivity contribution is 7.90. The molecule has 0 saturated carbocycles. The van der Waals surface area contributed by atoms with Crippen molar-refractivity contribution >= 4 is 27.4 Å². The minimum atomic E-state index is -3.67. The van der Waals surface area contributed by atoms with Gasteiger partial charge in [0, 0.05) is 10.6 Å². The van der Waals surface area contributed by atoms with E-state index in [1.807, 2.05) is 0 Å². The summed E-state index contributed by atoms with van der Waals surface area (Å²) in [7, 11) is -3.67. The van der Waals surface area contributed by atoms with Crippen LogP contribution in [0.4, 0.5) is 0 Å². The largest absolute Gasteiger partial charge is 0.475 e. The summed E-state index contributed by atoms with van der Waals surface area (Å²) in [6, 6.07) is 7.12. The van der Waals surface area contributed by atoms with Gasteiger partial charge < -0.3 is 9.52 Å². The third kappa shape index (κ3) is 2.97. The lowest BCUT2D eigenvalue weighted by atomic mass is 10.3. The zero-order chi connectivity index (χ0) is 14.0. The zero-order valence-corrected chi connectivity index (χ0v) is 11.1. The minimum Gasteiger partial charge on any atom is -0.475 e. The molecule has 2 rings (SSSR count). The summed E-state index contributed by atoms with van der Waals surface area (Å²) in [5.41, 5.74) is 0.104. The van der Waals surface area contributed by atoms with Gasteiger partial charge in [-0.25, -0.2) is 13.2 Å². The fraction of sp³-hybridized carbons (Fsp3) is 0.0833. The Kier molecular flexibility index (Phi) is 3.64. The van der Waals surface area contributed by atoms with Gasteiger partial charge in [0.2, 0.25) is 5.76 Å². The first-order valence-electron chi connectivity index (χ1n) is 5.18. The van der Waals surface area contributed by atoms with E-state index in [1.54, 1.807) is 6.07 Å². The number of sulfone groups is 1. The van der Waals surface area contributed by atoms with Crippen LogP contribution in [0.3, 0.4) is 0 Å². The van der Waals surface area contributed by atoms with Crippen LogP contribution in [-0.4, -0.2) is 19.5 Å². The molecular formula is C12H9ClO5S. The molecule has 19 heavy (non-hydrogen) atoms. The standard InChI is InChI=1S/C12H9ClO5S/c13-9-2-1-3-10(6-9)19(16,17)7-8-4-5-18-11(8)12(14)15/h1-6H,7H2,(H,14,15). The second-order valence-corrected chi connectivity index (χ2v) is 6.22. The van der Waals surface area contributed by atoms with Crippen molar-refractivity contribution in [2.24, 2.45) is 0 Å². The van der Waals surface area contributed by atoms with E-state index in [1.165, 1.54) is 24.3 Å². The van der Waals surface area contributed by atoms with E-state index in [-0.39, 0.29) is 16.2 Å². The van der Waals surface area contributed by atoms with Gasteiger partial charge in [-0.2, -0.15) is 0 Å². The number of hydrogen-bond acceptors (Lipinski definition) is 4. The van der Waals surface area contributed by atoms with Gasteiger partial charge in [0.25, 0.3) is 0 Å². The van der Waals surface area contributed by atoms with Crippen molar-refractivity contribution in [1.82, 2.24) is 0 Å². The topological polar surface area (TPSA) is 84.6 Å². The van der Waals surface area contributed by atoms with Crippen molar-refractivity contribution in [2.75, 3.05) is 0 Å². The molecule has 0 fully saturated rings. The van der Waals surface area contributed by atoms with Gasteiger partial charge in [0.15, 0.2) is 9.84 Å². The Bertz CT molecular complexity index is 717. The fourth-order valence-electron chi connectivity index (χ4n) is 1.59. The van der Waals surface area contributed by atoms with E-state index in [0.29, 0.717) is 5.02 Å². The summed E-state index contributed by atoms with van der Waals surface area (Å²) >= 11 is 5.74. The van der Waals surface area contributed by atoms with E-state index < -0.39 is 21.6 Å². The average molecular weight is 301 g/mol. The number of carboxylic acid groups (broad SMARTS) is 1. The number of aromatic carboxylic acids is 1. The molecule has 1 N–H and O–H groups in total. The van der Waals surface area contributed by atoms with Crippen LogP contribution in [0.15, 0.2) is 45.9 Å². The summed E-state index contributed by atoms with van der Waals surface area (Å²) in [6.07, 6.45) is 1.15. The van der Waals surface area contributed by atoms with E-state index >= 15 is 0 Å². The normalized spacial score (nSPS) is 11.4. The monoisotopic (exact) mass is 300 g/mol. The third-order valence-corrected chi connectivity index (χ3v) is 4.34. The zero-order valence-electron chi connectivity index (χ0n) is 9.54. The summed E-state index contributed by atoms with van der Waals surface area (Å²) in [5, 5.41) is 9.15. The number of halogens is 1. The van der Waals surface area contributed by atoms with Crippen LogP contribution in [0, 0.1) is 0 Å². The quantitative estimate of drug-likeness (QED) is 0.938. The van der Waals surface area contributed by atoms with Crippen molar-refractivity contribution in [2.45, 2.75) is 10.6 Å². The van der Waals surface area contributed by atoms with E-state index in [9.17, 15) is 13.2 Å². The van der Waals surface area contributed by atoms with Gasteiger partial charge in [-0.3, -0.25) is 0 Å². The molecule has 0 saturated heterocycles. The van der Waals surface area contributed by atoms with E-state index in [0.717, 1.165) is 6.26 Å². The molecule has 0 atom stereocenters. The molecular weight excluding hydrogens is 292 g/mol. The molecule has 0 aliphatic heterocycles. The Balaban J connectivity index is 2.37. The smallest absolute Gasteiger partial charge is 0.372 e. The van der Waals surface area contributed by atoms with Crippen molar-refractivity contribution < 1.29 is 22.7 Å². The van der Waals surface area contributed by atoms with Crippen LogP contribution in [0.2, 0.25) is 5.02 Å². The van der Waals surface area contributed by atoms with Crippen LogP contribution >= 0.6 is 11.6 Å². The molecule has 7 heteroatoms. The second kappa shape index (κ2) is 5.07. The SMILES string of the molecule is O=C(O)c1occc1CS(=O)(=O)c1cccc(Cl)c1. The highest BCUT2D eigenvalue weighted by atomic mass is 35.5. The summed E-state index contributed by atoms with van der Waals surface area (Å²) in [6.45, 7) is 0. The van der Waals surface area contributed by atoms with Gasteiger partial charge >= 0.3 is 5.97 Å². The molecule has 0 aliphatic carbocycles. The van der Waals surface area contributed by atoms with Gasteiger partial charge in [-0.15, -0.1) is 0 Å². The first-order chi connectivity index (χ1) is 8.90. The lowest BCUT2D eigenvalue weighted by Gasteiger charge is -2.04. The molecule has 1 aromatic heterocycles. The molecule has 5 nitrogen and oxygen atoms in total. The lowest BCUT2D eigenvalue weighted by molar-refractivity contribution is 0.0661. The van der Waals surface area contributed by atoms with E-state index in [4.69, 9.17) is 21.1 Å². The molecule has 0 radical (unpaired) electrons. The summed E-state index contributed by atoms with van der Waals surface area (Å²) in [5.74, 6) is -2.13. The van der Waals surface area contributed by atoms with Crippen LogP contribution in [-0.2, 0) is 15.6 Å². The minimum absolute atomic E-state index is 0.0394. The van der Waals surface area contributed by atoms with Crippen molar-refractivity contribution in [3.8, 4) is 0 Å². The number of hydrogen-bond donors (Lipinski definition) is 1. The number of carbonyl (C=O) groups is 1. The Hall–Kier alpha value is -1.79. The Morgan fingerprint density at radius 1 is 1.32 bits per heavy atom. The molecule has 0 amide bonds. The maximum absolute atomic E-state index is 12.1. The molecule has 0 spiro atoms. The van der Waals surface area contributed by atoms with Crippen molar-refractivity contribution in [1.29, 1.82) is 0 Å². The average Bonchev–Trinajstić information content (AvgIpc) is 2.76. The van der Waals surface area contributed by atoms with Crippen LogP contribution in [0.5, 0.6) is 0 Å². The number of benzene rings is 1. The third-order valence-electron chi connectivity index (χ3n) is 2.44. The molecule has 1 heterocycles. The second-order valence-electron chi connectivity index (χ2n) is 3.80. The van der Waals surface area contributed by atoms with Gasteiger partial charge in [0.1, 0.15) is 0 Å².